The number of hydrogen-bond acceptors (Lipinski definition) is 8. The molecule has 2 unspecified atom stereocenters. The van der Waals surface area contributed by atoms with Gasteiger partial charge in [-0.15, -0.1) is 0 Å². The number of halogens is 3. The lowest BCUT2D eigenvalue weighted by molar-refractivity contribution is -0.141. The molecule has 2 aromatic carbocycles. The number of carbonyl (C=O) groups is 3. The summed E-state index contributed by atoms with van der Waals surface area (Å²) in [5, 5.41) is 19.4. The van der Waals surface area contributed by atoms with Crippen molar-refractivity contribution in [3.8, 4) is 11.3 Å². The number of likely N-dealkylation sites (tertiary alicyclic amines) is 1. The predicted molar refractivity (Wildman–Crippen MR) is 169 cm³/mol. The molecule has 1 spiro atoms. The average Bonchev–Trinajstić information content (AvgIpc) is 3.40. The maximum atomic E-state index is 15.5. The molecule has 46 heavy (non-hydrogen) atoms. The highest BCUT2D eigenvalue weighted by Gasteiger charge is 2.49. The molecule has 1 saturated heterocycles. The molecule has 6 rings (SSSR count). The van der Waals surface area contributed by atoms with Gasteiger partial charge in [-0.3, -0.25) is 15.4 Å². The molecular formula is C31H33Cl2FN6O6. The largest absolute Gasteiger partial charge is 0.453 e. The minimum atomic E-state index is -1.42. The smallest absolute Gasteiger partial charge is 0.412 e. The van der Waals surface area contributed by atoms with E-state index in [-0.39, 0.29) is 39.8 Å². The van der Waals surface area contributed by atoms with Gasteiger partial charge in [0.2, 0.25) is 5.91 Å². The second-order valence-corrected chi connectivity index (χ2v) is 12.7. The number of aliphatic hydroxyl groups is 1. The average molecular weight is 676 g/mol. The van der Waals surface area contributed by atoms with E-state index in [1.165, 1.54) is 19.2 Å². The fraction of sp³-hybridized carbons (Fsp3) is 0.419. The van der Waals surface area contributed by atoms with Gasteiger partial charge in [0.15, 0.2) is 11.4 Å². The molecule has 0 aliphatic carbocycles. The molecule has 12 nitrogen and oxygen atoms in total. The number of carbonyl (C=O) groups excluding carboxylic acids is 3. The summed E-state index contributed by atoms with van der Waals surface area (Å²) in [6.07, 6.45) is -0.0808. The third kappa shape index (κ3) is 5.94. The summed E-state index contributed by atoms with van der Waals surface area (Å²) in [5.74, 6) is -1.61. The number of amides is 3. The number of hydrogen-bond donors (Lipinski definition) is 5. The van der Waals surface area contributed by atoms with Gasteiger partial charge in [0.1, 0.15) is 22.9 Å². The Labute approximate surface area is 273 Å². The van der Waals surface area contributed by atoms with E-state index in [0.29, 0.717) is 67.1 Å². The molecule has 0 radical (unpaired) electrons. The Bertz CT molecular complexity index is 1700. The number of rotatable bonds is 2. The van der Waals surface area contributed by atoms with Gasteiger partial charge in [0.05, 0.1) is 35.8 Å². The lowest BCUT2D eigenvalue weighted by atomic mass is 9.82. The standard InChI is InChI=1S/C31H33Cl2FN6O6/c1-15-5-3-6-18(26-38-24(25(33)39-26)17-8-7-16(35-29(43)45-2)13-21(17)36-27(15)41)28(42)40-12-4-11-31(14-40)22-20(37-30(44)46-31)10-9-19(32)23(22)34/h7-10,13,15,18,27,36,41H,3-6,11-12,14H2,1-2H3,(H,35,43)(H,37,44)(H,38,39)/t15-,18?,27?,31+/m1/s1. The third-order valence-electron chi connectivity index (χ3n) is 8.85. The van der Waals surface area contributed by atoms with Crippen molar-refractivity contribution < 1.29 is 33.4 Å². The lowest BCUT2D eigenvalue weighted by Crippen LogP contribution is -2.54. The van der Waals surface area contributed by atoms with Crippen LogP contribution in [0.1, 0.15) is 56.3 Å². The number of nitrogens with one attached hydrogen (secondary N) is 4. The second-order valence-electron chi connectivity index (χ2n) is 11.9. The van der Waals surface area contributed by atoms with Crippen LogP contribution < -0.4 is 16.0 Å². The minimum absolute atomic E-state index is 0.0703. The molecule has 2 bridgehead atoms. The highest BCUT2D eigenvalue weighted by atomic mass is 35.5. The zero-order valence-corrected chi connectivity index (χ0v) is 26.6. The van der Waals surface area contributed by atoms with E-state index in [0.717, 1.165) is 0 Å². The number of anilines is 3. The first kappa shape index (κ1) is 31.9. The van der Waals surface area contributed by atoms with Crippen LogP contribution in [-0.4, -0.2) is 64.5 Å². The fourth-order valence-electron chi connectivity index (χ4n) is 6.49. The molecule has 1 aromatic heterocycles. The number of H-pyrrole nitrogens is 1. The molecule has 15 heteroatoms. The first-order valence-corrected chi connectivity index (χ1v) is 15.7. The number of aromatic nitrogens is 2. The van der Waals surface area contributed by atoms with Crippen molar-refractivity contribution >= 4 is 58.4 Å². The third-order valence-corrected chi connectivity index (χ3v) is 9.41. The van der Waals surface area contributed by atoms with Crippen LogP contribution in [0.2, 0.25) is 10.2 Å². The summed E-state index contributed by atoms with van der Waals surface area (Å²) in [7, 11) is 1.25. The Morgan fingerprint density at radius 1 is 1.20 bits per heavy atom. The fourth-order valence-corrected chi connectivity index (χ4v) is 6.89. The van der Waals surface area contributed by atoms with Crippen molar-refractivity contribution in [1.82, 2.24) is 14.9 Å². The Balaban J connectivity index is 1.36. The van der Waals surface area contributed by atoms with E-state index in [4.69, 9.17) is 37.7 Å². The number of nitrogens with zero attached hydrogens (tertiary/aromatic N) is 2. The molecule has 3 aromatic rings. The number of aromatic amines is 1. The van der Waals surface area contributed by atoms with Crippen molar-refractivity contribution in [1.29, 1.82) is 0 Å². The molecule has 1 fully saturated rings. The quantitative estimate of drug-likeness (QED) is 0.208. The number of methoxy groups -OCH3 is 1. The summed E-state index contributed by atoms with van der Waals surface area (Å²) in [6, 6.07) is 7.86. The van der Waals surface area contributed by atoms with Gasteiger partial charge in [0, 0.05) is 29.4 Å². The number of piperidine rings is 1. The summed E-state index contributed by atoms with van der Waals surface area (Å²) in [6.45, 7) is 2.18. The number of ether oxygens (including phenoxy) is 2. The topological polar surface area (TPSA) is 158 Å². The van der Waals surface area contributed by atoms with Crippen molar-refractivity contribution in [2.24, 2.45) is 5.92 Å². The summed E-state index contributed by atoms with van der Waals surface area (Å²) >= 11 is 12.8. The second kappa shape index (κ2) is 12.6. The van der Waals surface area contributed by atoms with E-state index in [9.17, 15) is 19.5 Å². The van der Waals surface area contributed by atoms with Gasteiger partial charge in [-0.25, -0.2) is 19.0 Å². The van der Waals surface area contributed by atoms with Crippen LogP contribution in [0.3, 0.4) is 0 Å². The van der Waals surface area contributed by atoms with Crippen LogP contribution >= 0.6 is 23.2 Å². The minimum Gasteiger partial charge on any atom is -0.453 e. The van der Waals surface area contributed by atoms with Gasteiger partial charge in [-0.2, -0.15) is 0 Å². The van der Waals surface area contributed by atoms with Crippen molar-refractivity contribution in [2.75, 3.05) is 36.1 Å². The highest BCUT2D eigenvalue weighted by molar-refractivity contribution is 6.32. The monoisotopic (exact) mass is 674 g/mol. The maximum Gasteiger partial charge on any atom is 0.412 e. The number of fused-ring (bicyclic) bond motifs is 6. The Kier molecular flexibility index (Phi) is 8.75. The Morgan fingerprint density at radius 2 is 2.00 bits per heavy atom. The summed E-state index contributed by atoms with van der Waals surface area (Å²) < 4.78 is 25.9. The molecule has 3 amide bonds. The Morgan fingerprint density at radius 3 is 2.78 bits per heavy atom. The van der Waals surface area contributed by atoms with E-state index in [1.54, 1.807) is 23.1 Å². The van der Waals surface area contributed by atoms with Gasteiger partial charge in [0.25, 0.3) is 0 Å². The SMILES string of the molecule is COC(=O)Nc1ccc2c(c1)NC(O)[C@H](C)CCCC(C(=O)N1CCC[C@@]3(C1)OC(=O)Nc1ccc(Cl)c(F)c13)c1nc-2c(Cl)[nH]1. The van der Waals surface area contributed by atoms with Crippen LogP contribution in [0.4, 0.5) is 31.0 Å². The van der Waals surface area contributed by atoms with Crippen LogP contribution in [0.5, 0.6) is 0 Å². The predicted octanol–water partition coefficient (Wildman–Crippen LogP) is 6.41. The Hall–Kier alpha value is -4.07. The molecule has 5 N–H and O–H groups in total. The van der Waals surface area contributed by atoms with Gasteiger partial charge < -0.3 is 29.8 Å². The zero-order valence-electron chi connectivity index (χ0n) is 25.1. The van der Waals surface area contributed by atoms with Crippen LogP contribution in [0.15, 0.2) is 30.3 Å². The van der Waals surface area contributed by atoms with Gasteiger partial charge in [-0.05, 0) is 56.0 Å². The first-order chi connectivity index (χ1) is 22.0. The summed E-state index contributed by atoms with van der Waals surface area (Å²) in [5.41, 5.74) is 0.705. The van der Waals surface area contributed by atoms with E-state index < -0.39 is 35.8 Å². The number of benzene rings is 2. The molecular weight excluding hydrogens is 642 g/mol. The first-order valence-electron chi connectivity index (χ1n) is 15.0. The summed E-state index contributed by atoms with van der Waals surface area (Å²) in [4.78, 5) is 48.2. The van der Waals surface area contributed by atoms with E-state index in [2.05, 4.69) is 20.9 Å². The molecule has 0 saturated carbocycles. The molecule has 3 aliphatic rings. The molecule has 4 atom stereocenters. The molecule has 244 valence electrons. The van der Waals surface area contributed by atoms with Crippen LogP contribution in [0.25, 0.3) is 11.3 Å². The van der Waals surface area contributed by atoms with Crippen molar-refractivity contribution in [2.45, 2.75) is 56.8 Å². The van der Waals surface area contributed by atoms with Gasteiger partial charge in [-0.1, -0.05) is 36.5 Å². The maximum absolute atomic E-state index is 15.5. The van der Waals surface area contributed by atoms with Crippen LogP contribution in [-0.2, 0) is 19.9 Å². The van der Waals surface area contributed by atoms with Crippen molar-refractivity contribution in [3.05, 3.63) is 57.7 Å². The van der Waals surface area contributed by atoms with E-state index >= 15 is 4.39 Å². The van der Waals surface area contributed by atoms with Gasteiger partial charge >= 0.3 is 12.2 Å². The zero-order chi connectivity index (χ0) is 32.7. The molecule has 3 aliphatic heterocycles. The molecule has 4 heterocycles. The highest BCUT2D eigenvalue weighted by Crippen LogP contribution is 2.46. The normalized spacial score (nSPS) is 24.3. The van der Waals surface area contributed by atoms with Crippen LogP contribution in [0, 0.1) is 11.7 Å². The van der Waals surface area contributed by atoms with E-state index in [1.807, 2.05) is 6.92 Å². The lowest BCUT2D eigenvalue weighted by Gasteiger charge is -2.45. The number of imidazole rings is 1. The number of aliphatic hydroxyl groups excluding tert-OH is 1. The van der Waals surface area contributed by atoms with Crippen molar-refractivity contribution in [3.63, 3.8) is 0 Å².